The summed E-state index contributed by atoms with van der Waals surface area (Å²) in [6.45, 7) is 4.75. The number of nitrogens with one attached hydrogen (secondary N) is 1. The standard InChI is InChI=1S/C16H21N3O2/c1-2-19-7-3-6-15(19)12-18-16(21)14-9-13(5-4-8-20)10-17-11-14/h9-11,15,20H,2-3,6-8,12H2,1H3,(H,18,21). The highest BCUT2D eigenvalue weighted by Gasteiger charge is 2.23. The van der Waals surface area contributed by atoms with Crippen LogP contribution in [-0.2, 0) is 0 Å². The number of aliphatic hydroxyl groups is 1. The molecule has 1 aromatic rings. The average molecular weight is 287 g/mol. The van der Waals surface area contributed by atoms with E-state index in [4.69, 9.17) is 5.11 Å². The first-order valence-electron chi connectivity index (χ1n) is 7.31. The van der Waals surface area contributed by atoms with Crippen molar-refractivity contribution in [1.29, 1.82) is 0 Å². The second-order valence-electron chi connectivity index (χ2n) is 5.06. The lowest BCUT2D eigenvalue weighted by molar-refractivity contribution is 0.0941. The van der Waals surface area contributed by atoms with E-state index in [9.17, 15) is 4.79 Å². The Morgan fingerprint density at radius 3 is 3.19 bits per heavy atom. The minimum Gasteiger partial charge on any atom is -0.384 e. The Bertz CT molecular complexity index is 548. The molecule has 1 aromatic heterocycles. The second kappa shape index (κ2) is 7.77. The summed E-state index contributed by atoms with van der Waals surface area (Å²) in [5.41, 5.74) is 1.13. The summed E-state index contributed by atoms with van der Waals surface area (Å²) >= 11 is 0. The van der Waals surface area contributed by atoms with Gasteiger partial charge < -0.3 is 10.4 Å². The maximum absolute atomic E-state index is 12.2. The van der Waals surface area contributed by atoms with Crippen LogP contribution in [0.1, 0.15) is 35.7 Å². The van der Waals surface area contributed by atoms with Gasteiger partial charge >= 0.3 is 0 Å². The van der Waals surface area contributed by atoms with E-state index in [2.05, 4.69) is 34.0 Å². The molecule has 0 bridgehead atoms. The van der Waals surface area contributed by atoms with E-state index in [-0.39, 0.29) is 12.5 Å². The van der Waals surface area contributed by atoms with E-state index >= 15 is 0 Å². The minimum absolute atomic E-state index is 0.127. The Morgan fingerprint density at radius 1 is 1.57 bits per heavy atom. The molecule has 2 N–H and O–H groups in total. The summed E-state index contributed by atoms with van der Waals surface area (Å²) in [7, 11) is 0. The van der Waals surface area contributed by atoms with Crippen LogP contribution in [0.3, 0.4) is 0 Å². The maximum atomic E-state index is 12.2. The zero-order chi connectivity index (χ0) is 15.1. The number of carbonyl (C=O) groups is 1. The van der Waals surface area contributed by atoms with Gasteiger partial charge in [0.25, 0.3) is 5.91 Å². The van der Waals surface area contributed by atoms with Crippen molar-refractivity contribution in [3.05, 3.63) is 29.6 Å². The van der Waals surface area contributed by atoms with Crippen LogP contribution in [0.5, 0.6) is 0 Å². The number of likely N-dealkylation sites (tertiary alicyclic amines) is 1. The van der Waals surface area contributed by atoms with Crippen LogP contribution < -0.4 is 5.32 Å². The Balaban J connectivity index is 1.94. The zero-order valence-corrected chi connectivity index (χ0v) is 12.3. The highest BCUT2D eigenvalue weighted by molar-refractivity contribution is 5.94. The molecule has 21 heavy (non-hydrogen) atoms. The number of rotatable bonds is 4. The van der Waals surface area contributed by atoms with E-state index in [1.807, 2.05) is 0 Å². The van der Waals surface area contributed by atoms with Gasteiger partial charge in [-0.2, -0.15) is 0 Å². The summed E-state index contributed by atoms with van der Waals surface area (Å²) < 4.78 is 0. The molecule has 1 aliphatic heterocycles. The number of aliphatic hydroxyl groups excluding tert-OH is 1. The molecule has 0 aromatic carbocycles. The van der Waals surface area contributed by atoms with E-state index in [1.54, 1.807) is 12.3 Å². The third-order valence-electron chi connectivity index (χ3n) is 3.72. The van der Waals surface area contributed by atoms with Gasteiger partial charge in [0.15, 0.2) is 0 Å². The van der Waals surface area contributed by atoms with Gasteiger partial charge in [-0.05, 0) is 32.0 Å². The quantitative estimate of drug-likeness (QED) is 0.798. The lowest BCUT2D eigenvalue weighted by Gasteiger charge is -2.22. The van der Waals surface area contributed by atoms with Crippen molar-refractivity contribution in [2.75, 3.05) is 26.2 Å². The van der Waals surface area contributed by atoms with Crippen LogP contribution >= 0.6 is 0 Å². The van der Waals surface area contributed by atoms with Gasteiger partial charge in [0.05, 0.1) is 5.56 Å². The van der Waals surface area contributed by atoms with Crippen LogP contribution in [-0.4, -0.2) is 53.2 Å². The van der Waals surface area contributed by atoms with Crippen molar-refractivity contribution in [1.82, 2.24) is 15.2 Å². The van der Waals surface area contributed by atoms with Crippen molar-refractivity contribution in [3.63, 3.8) is 0 Å². The minimum atomic E-state index is -0.203. The van der Waals surface area contributed by atoms with Gasteiger partial charge in [-0.25, -0.2) is 0 Å². The Hall–Kier alpha value is -1.90. The average Bonchev–Trinajstić information content (AvgIpc) is 2.98. The van der Waals surface area contributed by atoms with Crippen LogP contribution in [0.2, 0.25) is 0 Å². The molecule has 1 atom stereocenters. The van der Waals surface area contributed by atoms with Gasteiger partial charge in [0, 0.05) is 30.5 Å². The van der Waals surface area contributed by atoms with Gasteiger partial charge in [-0.3, -0.25) is 14.7 Å². The van der Waals surface area contributed by atoms with Crippen LogP contribution in [0.4, 0.5) is 0 Å². The monoisotopic (exact) mass is 287 g/mol. The summed E-state index contributed by atoms with van der Waals surface area (Å²) in [6, 6.07) is 2.13. The van der Waals surface area contributed by atoms with Gasteiger partial charge in [0.1, 0.15) is 6.61 Å². The lowest BCUT2D eigenvalue weighted by atomic mass is 10.2. The molecule has 1 aliphatic rings. The molecule has 0 radical (unpaired) electrons. The fourth-order valence-electron chi connectivity index (χ4n) is 2.63. The molecule has 1 fully saturated rings. The molecule has 5 nitrogen and oxygen atoms in total. The topological polar surface area (TPSA) is 65.5 Å². The van der Waals surface area contributed by atoms with E-state index in [1.165, 1.54) is 12.6 Å². The van der Waals surface area contributed by atoms with Crippen molar-refractivity contribution in [2.45, 2.75) is 25.8 Å². The van der Waals surface area contributed by atoms with Gasteiger partial charge in [0.2, 0.25) is 0 Å². The third-order valence-corrected chi connectivity index (χ3v) is 3.72. The van der Waals surface area contributed by atoms with E-state index in [0.29, 0.717) is 23.7 Å². The maximum Gasteiger partial charge on any atom is 0.252 e. The Labute approximate surface area is 125 Å². The fraction of sp³-hybridized carbons (Fsp3) is 0.500. The largest absolute Gasteiger partial charge is 0.384 e. The predicted octanol–water partition coefficient (Wildman–Crippen LogP) is 0.639. The number of carbonyl (C=O) groups excluding carboxylic acids is 1. The Morgan fingerprint density at radius 2 is 2.43 bits per heavy atom. The number of hydrogen-bond acceptors (Lipinski definition) is 4. The van der Waals surface area contributed by atoms with Gasteiger partial charge in [-0.1, -0.05) is 18.8 Å². The molecule has 5 heteroatoms. The first-order chi connectivity index (χ1) is 10.2. The lowest BCUT2D eigenvalue weighted by Crippen LogP contribution is -2.40. The molecule has 1 saturated heterocycles. The van der Waals surface area contributed by atoms with Crippen molar-refractivity contribution < 1.29 is 9.90 Å². The van der Waals surface area contributed by atoms with Crippen LogP contribution in [0.15, 0.2) is 18.5 Å². The SMILES string of the molecule is CCN1CCCC1CNC(=O)c1cncc(C#CCO)c1. The molecule has 2 rings (SSSR count). The second-order valence-corrected chi connectivity index (χ2v) is 5.06. The van der Waals surface area contributed by atoms with Crippen LogP contribution in [0, 0.1) is 11.8 Å². The third kappa shape index (κ3) is 4.28. The molecular formula is C16H21N3O2. The van der Waals surface area contributed by atoms with Gasteiger partial charge in [-0.15, -0.1) is 0 Å². The molecular weight excluding hydrogens is 266 g/mol. The number of hydrogen-bond donors (Lipinski definition) is 2. The highest BCUT2D eigenvalue weighted by Crippen LogP contribution is 2.15. The summed E-state index contributed by atoms with van der Waals surface area (Å²) in [6.07, 6.45) is 5.44. The van der Waals surface area contributed by atoms with Crippen LogP contribution in [0.25, 0.3) is 0 Å². The first kappa shape index (κ1) is 15.5. The molecule has 112 valence electrons. The molecule has 0 aliphatic carbocycles. The van der Waals surface area contributed by atoms with Crippen molar-refractivity contribution in [3.8, 4) is 11.8 Å². The van der Waals surface area contributed by atoms with E-state index < -0.39 is 0 Å². The number of nitrogens with zero attached hydrogens (tertiary/aromatic N) is 2. The van der Waals surface area contributed by atoms with Crippen molar-refractivity contribution in [2.24, 2.45) is 0 Å². The van der Waals surface area contributed by atoms with E-state index in [0.717, 1.165) is 19.5 Å². The summed E-state index contributed by atoms with van der Waals surface area (Å²) in [5.74, 6) is 5.17. The summed E-state index contributed by atoms with van der Waals surface area (Å²) in [5, 5.41) is 11.7. The zero-order valence-electron chi connectivity index (χ0n) is 12.3. The number of likely N-dealkylation sites (N-methyl/N-ethyl adjacent to an activating group) is 1. The first-order valence-corrected chi connectivity index (χ1v) is 7.31. The fourth-order valence-corrected chi connectivity index (χ4v) is 2.63. The predicted molar refractivity (Wildman–Crippen MR) is 80.8 cm³/mol. The van der Waals surface area contributed by atoms with Crippen molar-refractivity contribution >= 4 is 5.91 Å². The normalized spacial score (nSPS) is 18.1. The smallest absolute Gasteiger partial charge is 0.252 e. The molecule has 1 amide bonds. The molecule has 0 saturated carbocycles. The summed E-state index contributed by atoms with van der Waals surface area (Å²) in [4.78, 5) is 18.6. The Kier molecular flexibility index (Phi) is 5.73. The number of amides is 1. The molecule has 2 heterocycles. The number of pyridine rings is 1. The number of aromatic nitrogens is 1. The highest BCUT2D eigenvalue weighted by atomic mass is 16.2. The molecule has 0 spiro atoms. The molecule has 1 unspecified atom stereocenters.